The van der Waals surface area contributed by atoms with E-state index >= 15 is 0 Å². The Labute approximate surface area is 236 Å². The van der Waals surface area contributed by atoms with Gasteiger partial charge in [0.15, 0.2) is 6.10 Å². The van der Waals surface area contributed by atoms with Crippen LogP contribution in [0.25, 0.3) is 0 Å². The molecule has 12 heteroatoms. The zero-order valence-electron chi connectivity index (χ0n) is 23.7. The minimum Gasteiger partial charge on any atom is -0.457 e. The van der Waals surface area contributed by atoms with E-state index in [2.05, 4.69) is 6.92 Å². The Morgan fingerprint density at radius 2 is 1.25 bits per heavy atom. The second kappa shape index (κ2) is 15.5. The normalized spacial score (nSPS) is 33.1. The number of hydrogen-bond acceptors (Lipinski definition) is 12. The molecular formula is C28H48O12. The largest absolute Gasteiger partial charge is 0.457 e. The van der Waals surface area contributed by atoms with Crippen molar-refractivity contribution in [1.29, 1.82) is 0 Å². The molecule has 12 nitrogen and oxygen atoms in total. The molecular weight excluding hydrogens is 528 g/mol. The van der Waals surface area contributed by atoms with Crippen LogP contribution in [-0.2, 0) is 42.7 Å². The van der Waals surface area contributed by atoms with E-state index in [9.17, 15) is 20.1 Å². The van der Waals surface area contributed by atoms with Crippen LogP contribution in [0.2, 0.25) is 0 Å². The van der Waals surface area contributed by atoms with Crippen molar-refractivity contribution in [2.75, 3.05) is 52.9 Å². The molecule has 4 aliphatic heterocycles. The summed E-state index contributed by atoms with van der Waals surface area (Å²) >= 11 is 0. The number of hydrogen-bond donors (Lipinski definition) is 3. The molecule has 0 saturated carbocycles. The summed E-state index contributed by atoms with van der Waals surface area (Å²) in [7, 11) is 0. The van der Waals surface area contributed by atoms with Crippen molar-refractivity contribution in [3.63, 3.8) is 0 Å². The first-order chi connectivity index (χ1) is 19.5. The highest BCUT2D eigenvalue weighted by Crippen LogP contribution is 2.39. The Morgan fingerprint density at radius 3 is 1.80 bits per heavy atom. The lowest BCUT2D eigenvalue weighted by Gasteiger charge is -2.39. The summed E-state index contributed by atoms with van der Waals surface area (Å²) in [5, 5.41) is 31.0. The Morgan fingerprint density at radius 1 is 0.750 bits per heavy atom. The van der Waals surface area contributed by atoms with Crippen molar-refractivity contribution >= 4 is 5.97 Å². The van der Waals surface area contributed by atoms with Crippen LogP contribution in [0.1, 0.15) is 71.1 Å². The van der Waals surface area contributed by atoms with Gasteiger partial charge in [-0.05, 0) is 6.42 Å². The molecule has 0 aromatic heterocycles. The van der Waals surface area contributed by atoms with Crippen LogP contribution < -0.4 is 0 Å². The zero-order chi connectivity index (χ0) is 28.4. The lowest BCUT2D eigenvalue weighted by Crippen LogP contribution is -2.58. The first-order valence-electron chi connectivity index (χ1n) is 15.0. The molecule has 0 aromatic rings. The first-order valence-corrected chi connectivity index (χ1v) is 15.0. The van der Waals surface area contributed by atoms with Gasteiger partial charge < -0.3 is 53.2 Å². The minimum absolute atomic E-state index is 0.000213. The van der Waals surface area contributed by atoms with Gasteiger partial charge in [-0.2, -0.15) is 0 Å². The lowest BCUT2D eigenvalue weighted by atomic mass is 9.99. The number of carbonyl (C=O) groups excluding carboxylic acids is 1. The topological polar surface area (TPSA) is 152 Å². The summed E-state index contributed by atoms with van der Waals surface area (Å²) in [5.41, 5.74) is 0. The predicted molar refractivity (Wildman–Crippen MR) is 139 cm³/mol. The van der Waals surface area contributed by atoms with E-state index in [1.807, 2.05) is 0 Å². The third-order valence-electron chi connectivity index (χ3n) is 8.17. The number of unbranched alkanes of at least 4 members (excludes halogenated alkanes) is 8. The average molecular weight is 577 g/mol. The van der Waals surface area contributed by atoms with E-state index in [1.54, 1.807) is 0 Å². The summed E-state index contributed by atoms with van der Waals surface area (Å²) in [5.74, 6) is -3.36. The molecule has 40 heavy (non-hydrogen) atoms. The van der Waals surface area contributed by atoms with Crippen molar-refractivity contribution in [3.05, 3.63) is 0 Å². The SMILES string of the molecule is CCCCCCCCCCCC(=O)O[C@H]1CO[C@H](C2(CO)OCCO2)[C@@H]1O[C@@H]1[C@@H](O)CO[C@@H]1C1(CO)OCCO1. The molecule has 0 radical (unpaired) electrons. The fraction of sp³-hybridized carbons (Fsp3) is 0.964. The van der Waals surface area contributed by atoms with Gasteiger partial charge in [-0.1, -0.05) is 58.3 Å². The number of aliphatic hydroxyl groups excluding tert-OH is 3. The summed E-state index contributed by atoms with van der Waals surface area (Å²) in [6.07, 6.45) is 4.75. The molecule has 0 amide bonds. The Hall–Kier alpha value is -0.930. The van der Waals surface area contributed by atoms with E-state index < -0.39 is 61.4 Å². The highest BCUT2D eigenvalue weighted by molar-refractivity contribution is 5.69. The molecule has 232 valence electrons. The van der Waals surface area contributed by atoms with Crippen LogP contribution in [-0.4, -0.2) is 122 Å². The van der Waals surface area contributed by atoms with Gasteiger partial charge in [-0.15, -0.1) is 0 Å². The smallest absolute Gasteiger partial charge is 0.306 e. The summed E-state index contributed by atoms with van der Waals surface area (Å²) in [4.78, 5) is 12.8. The predicted octanol–water partition coefficient (Wildman–Crippen LogP) is 1.20. The standard InChI is InChI=1S/C28H48O12/c1-2-3-4-5-6-7-8-9-10-11-22(32)39-21-17-34-26(28(19-30)37-14-15-38-28)24(21)40-23-20(31)16-33-25(23)27(18-29)35-12-13-36-27/h20-21,23-26,29-31H,2-19H2,1H3/t20-,21-,23+,24+,25-,26-/m0/s1. The van der Waals surface area contributed by atoms with E-state index in [0.29, 0.717) is 0 Å². The van der Waals surface area contributed by atoms with Crippen LogP contribution in [0.5, 0.6) is 0 Å². The van der Waals surface area contributed by atoms with Crippen LogP contribution in [0, 0.1) is 0 Å². The number of aliphatic hydroxyl groups is 3. The van der Waals surface area contributed by atoms with Crippen molar-refractivity contribution in [2.24, 2.45) is 0 Å². The van der Waals surface area contributed by atoms with Crippen LogP contribution >= 0.6 is 0 Å². The van der Waals surface area contributed by atoms with Crippen LogP contribution in [0.15, 0.2) is 0 Å². The van der Waals surface area contributed by atoms with E-state index in [0.717, 1.165) is 19.3 Å². The number of esters is 1. The van der Waals surface area contributed by atoms with Gasteiger partial charge in [-0.3, -0.25) is 4.79 Å². The van der Waals surface area contributed by atoms with Gasteiger partial charge in [-0.25, -0.2) is 0 Å². The molecule has 4 aliphatic rings. The number of ether oxygens (including phenoxy) is 8. The zero-order valence-corrected chi connectivity index (χ0v) is 23.7. The Kier molecular flexibility index (Phi) is 12.4. The third kappa shape index (κ3) is 7.52. The molecule has 0 aliphatic carbocycles. The molecule has 4 fully saturated rings. The highest BCUT2D eigenvalue weighted by Gasteiger charge is 2.60. The number of carbonyl (C=O) groups is 1. The maximum absolute atomic E-state index is 12.8. The average Bonchev–Trinajstić information content (AvgIpc) is 3.77. The minimum atomic E-state index is -1.50. The van der Waals surface area contributed by atoms with E-state index in [4.69, 9.17) is 37.9 Å². The maximum atomic E-state index is 12.8. The summed E-state index contributed by atoms with van der Waals surface area (Å²) < 4.78 is 46.8. The first kappa shape index (κ1) is 32.0. The molecule has 6 atom stereocenters. The van der Waals surface area contributed by atoms with Crippen molar-refractivity contribution in [2.45, 2.75) is 119 Å². The third-order valence-corrected chi connectivity index (χ3v) is 8.17. The van der Waals surface area contributed by atoms with Gasteiger partial charge in [0.1, 0.15) is 43.7 Å². The van der Waals surface area contributed by atoms with Crippen LogP contribution in [0.4, 0.5) is 0 Å². The maximum Gasteiger partial charge on any atom is 0.306 e. The molecule has 0 bridgehead atoms. The van der Waals surface area contributed by atoms with Gasteiger partial charge >= 0.3 is 5.97 Å². The van der Waals surface area contributed by atoms with Crippen molar-refractivity contribution in [1.82, 2.24) is 0 Å². The van der Waals surface area contributed by atoms with Crippen LogP contribution in [0.3, 0.4) is 0 Å². The molecule has 4 saturated heterocycles. The molecule has 4 heterocycles. The second-order valence-electron chi connectivity index (χ2n) is 11.1. The Bertz CT molecular complexity index is 754. The van der Waals surface area contributed by atoms with E-state index in [-0.39, 0.29) is 52.0 Å². The monoisotopic (exact) mass is 576 g/mol. The van der Waals surface area contributed by atoms with Gasteiger partial charge in [0.25, 0.3) is 0 Å². The molecule has 0 aromatic carbocycles. The number of rotatable bonds is 17. The second-order valence-corrected chi connectivity index (χ2v) is 11.1. The van der Waals surface area contributed by atoms with E-state index in [1.165, 1.54) is 38.5 Å². The van der Waals surface area contributed by atoms with Gasteiger partial charge in [0.2, 0.25) is 11.6 Å². The summed E-state index contributed by atoms with van der Waals surface area (Å²) in [6, 6.07) is 0. The Balaban J connectivity index is 1.36. The quantitative estimate of drug-likeness (QED) is 0.169. The van der Waals surface area contributed by atoms with Gasteiger partial charge in [0, 0.05) is 6.42 Å². The van der Waals surface area contributed by atoms with Crippen molar-refractivity contribution in [3.8, 4) is 0 Å². The lowest BCUT2D eigenvalue weighted by molar-refractivity contribution is -0.284. The van der Waals surface area contributed by atoms with Gasteiger partial charge in [0.05, 0.1) is 39.6 Å². The highest BCUT2D eigenvalue weighted by atomic mass is 16.8. The van der Waals surface area contributed by atoms with Crippen molar-refractivity contribution < 1.29 is 58.0 Å². The fourth-order valence-electron chi connectivity index (χ4n) is 5.97. The fourth-order valence-corrected chi connectivity index (χ4v) is 5.97. The molecule has 4 rings (SSSR count). The molecule has 0 spiro atoms. The molecule has 0 unspecified atom stereocenters. The molecule has 3 N–H and O–H groups in total. The summed E-state index contributed by atoms with van der Waals surface area (Å²) in [6.45, 7) is 2.16.